The Morgan fingerprint density at radius 3 is 1.69 bits per heavy atom. The molecule has 7 aromatic carbocycles. The van der Waals surface area contributed by atoms with Crippen molar-refractivity contribution in [3.8, 4) is 61.8 Å². The second-order valence-electron chi connectivity index (χ2n) is 13.1. The van der Waals surface area contributed by atoms with Gasteiger partial charge >= 0.3 is 0 Å². The monoisotopic (exact) mass is 664 g/mol. The zero-order chi connectivity index (χ0) is 34.4. The van der Waals surface area contributed by atoms with E-state index in [1.54, 1.807) is 0 Å². The van der Waals surface area contributed by atoms with Gasteiger partial charge in [-0.25, -0.2) is 9.97 Å². The van der Waals surface area contributed by atoms with Crippen LogP contribution in [0.3, 0.4) is 0 Å². The molecular weight excluding hydrogens is 633 g/mol. The Kier molecular flexibility index (Phi) is 7.10. The zero-order valence-electron chi connectivity index (χ0n) is 28.3. The van der Waals surface area contributed by atoms with Gasteiger partial charge in [0.15, 0.2) is 5.82 Å². The van der Waals surface area contributed by atoms with Gasteiger partial charge in [-0.2, -0.15) is 0 Å². The van der Waals surface area contributed by atoms with Crippen molar-refractivity contribution in [1.29, 1.82) is 0 Å². The molecule has 244 valence electrons. The molecule has 52 heavy (non-hydrogen) atoms. The van der Waals surface area contributed by atoms with Gasteiger partial charge in [0.25, 0.3) is 0 Å². The lowest BCUT2D eigenvalue weighted by molar-refractivity contribution is 1.09. The summed E-state index contributed by atoms with van der Waals surface area (Å²) in [6.07, 6.45) is 0. The maximum absolute atomic E-state index is 5.19. The van der Waals surface area contributed by atoms with Crippen LogP contribution < -0.4 is 4.90 Å². The highest BCUT2D eigenvalue weighted by Gasteiger charge is 2.27. The topological polar surface area (TPSA) is 34.0 Å². The summed E-state index contributed by atoms with van der Waals surface area (Å²) >= 11 is 0. The number of benzene rings is 7. The molecule has 10 rings (SSSR count). The molecule has 0 bridgehead atoms. The first kappa shape index (κ1) is 29.8. The van der Waals surface area contributed by atoms with E-state index in [2.05, 4.69) is 179 Å². The minimum atomic E-state index is 0.696. The van der Waals surface area contributed by atoms with E-state index in [-0.39, 0.29) is 0 Å². The van der Waals surface area contributed by atoms with Crippen LogP contribution >= 0.6 is 0 Å². The number of nitrogens with zero attached hydrogens (tertiary/aromatic N) is 4. The lowest BCUT2D eigenvalue weighted by Crippen LogP contribution is -2.13. The SMILES string of the molecule is c1ccc(-c2ccc(-c3cc(-c4cccc(N5c6ccccc6-c6ccccc6-n6c5cc5ccccc56)c4)nc(-c4ccccc4)n3)cc2)cc1. The largest absolute Gasteiger partial charge is 0.295 e. The van der Waals surface area contributed by atoms with Crippen molar-refractivity contribution in [2.75, 3.05) is 4.90 Å². The fourth-order valence-electron chi connectivity index (χ4n) is 7.47. The lowest BCUT2D eigenvalue weighted by Gasteiger charge is -2.26. The molecule has 4 heteroatoms. The first-order chi connectivity index (χ1) is 25.8. The molecule has 4 nitrogen and oxygen atoms in total. The molecule has 3 heterocycles. The second kappa shape index (κ2) is 12.4. The maximum Gasteiger partial charge on any atom is 0.160 e. The third-order valence-electron chi connectivity index (χ3n) is 9.95. The molecular formula is C48H32N4. The molecule has 0 aliphatic carbocycles. The fraction of sp³-hybridized carbons (Fsp3) is 0. The van der Waals surface area contributed by atoms with Crippen LogP contribution in [0.4, 0.5) is 17.2 Å². The van der Waals surface area contributed by atoms with Crippen molar-refractivity contribution in [2.24, 2.45) is 0 Å². The third kappa shape index (κ3) is 5.09. The molecule has 0 saturated heterocycles. The van der Waals surface area contributed by atoms with Crippen molar-refractivity contribution < 1.29 is 0 Å². The standard InChI is InChI=1S/C48H32N4/c1-3-14-33(15-4-1)34-26-28-35(29-27-34)42-32-43(50-48(49-42)36-16-5-2-6-17-36)37-19-13-20-39(30-37)51-45-24-11-8-21-40(45)41-22-9-12-25-46(41)52-44-23-10-7-18-38(44)31-47(51)52/h1-32H. The Morgan fingerprint density at radius 2 is 0.923 bits per heavy atom. The average Bonchev–Trinajstić information content (AvgIpc) is 3.55. The van der Waals surface area contributed by atoms with Crippen molar-refractivity contribution in [3.05, 3.63) is 194 Å². The van der Waals surface area contributed by atoms with E-state index in [0.29, 0.717) is 5.82 Å². The van der Waals surface area contributed by atoms with Crippen LogP contribution in [0.15, 0.2) is 194 Å². The van der Waals surface area contributed by atoms with Gasteiger partial charge in [0.05, 0.1) is 28.3 Å². The summed E-state index contributed by atoms with van der Waals surface area (Å²) in [4.78, 5) is 12.7. The third-order valence-corrected chi connectivity index (χ3v) is 9.95. The van der Waals surface area contributed by atoms with E-state index in [1.807, 2.05) is 24.3 Å². The van der Waals surface area contributed by atoms with E-state index in [9.17, 15) is 0 Å². The number of hydrogen-bond acceptors (Lipinski definition) is 3. The normalized spacial score (nSPS) is 11.8. The van der Waals surface area contributed by atoms with E-state index in [1.165, 1.54) is 33.2 Å². The highest BCUT2D eigenvalue weighted by molar-refractivity contribution is 5.99. The molecule has 0 atom stereocenters. The number of aromatic nitrogens is 3. The molecule has 0 amide bonds. The fourth-order valence-corrected chi connectivity index (χ4v) is 7.47. The summed E-state index contributed by atoms with van der Waals surface area (Å²) < 4.78 is 2.40. The van der Waals surface area contributed by atoms with Crippen LogP contribution in [0, 0.1) is 0 Å². The molecule has 0 saturated carbocycles. The number of rotatable bonds is 5. The second-order valence-corrected chi connectivity index (χ2v) is 13.1. The first-order valence-electron chi connectivity index (χ1n) is 17.6. The number of para-hydroxylation sites is 3. The summed E-state index contributed by atoms with van der Waals surface area (Å²) in [5.41, 5.74) is 14.0. The summed E-state index contributed by atoms with van der Waals surface area (Å²) in [5, 5.41) is 1.19. The quantitative estimate of drug-likeness (QED) is 0.184. The molecule has 1 aliphatic heterocycles. The van der Waals surface area contributed by atoms with Gasteiger partial charge < -0.3 is 0 Å². The van der Waals surface area contributed by atoms with Crippen molar-refractivity contribution in [3.63, 3.8) is 0 Å². The highest BCUT2D eigenvalue weighted by Crippen LogP contribution is 2.49. The van der Waals surface area contributed by atoms with Gasteiger partial charge in [-0.15, -0.1) is 0 Å². The number of fused-ring (bicyclic) bond motifs is 7. The van der Waals surface area contributed by atoms with Crippen molar-refractivity contribution in [1.82, 2.24) is 14.5 Å². The van der Waals surface area contributed by atoms with Gasteiger partial charge in [0, 0.05) is 38.9 Å². The minimum Gasteiger partial charge on any atom is -0.295 e. The van der Waals surface area contributed by atoms with Gasteiger partial charge in [0.1, 0.15) is 5.82 Å². The Labute approximate surface area is 302 Å². The van der Waals surface area contributed by atoms with Crippen LogP contribution in [0.5, 0.6) is 0 Å². The Morgan fingerprint density at radius 1 is 0.365 bits per heavy atom. The van der Waals surface area contributed by atoms with E-state index >= 15 is 0 Å². The first-order valence-corrected chi connectivity index (χ1v) is 17.6. The van der Waals surface area contributed by atoms with Crippen LogP contribution in [0.1, 0.15) is 0 Å². The van der Waals surface area contributed by atoms with Crippen molar-refractivity contribution >= 4 is 28.1 Å². The predicted molar refractivity (Wildman–Crippen MR) is 214 cm³/mol. The zero-order valence-corrected chi connectivity index (χ0v) is 28.3. The summed E-state index contributed by atoms with van der Waals surface area (Å²) in [7, 11) is 0. The Hall–Kier alpha value is -7.04. The number of hydrogen-bond donors (Lipinski definition) is 0. The van der Waals surface area contributed by atoms with Gasteiger partial charge in [-0.1, -0.05) is 152 Å². The molecule has 0 radical (unpaired) electrons. The Bertz CT molecular complexity index is 2730. The Balaban J connectivity index is 1.15. The van der Waals surface area contributed by atoms with Crippen LogP contribution in [0.2, 0.25) is 0 Å². The molecule has 0 fully saturated rings. The van der Waals surface area contributed by atoms with E-state index in [0.717, 1.165) is 51.0 Å². The van der Waals surface area contributed by atoms with E-state index in [4.69, 9.17) is 9.97 Å². The van der Waals surface area contributed by atoms with Crippen molar-refractivity contribution in [2.45, 2.75) is 0 Å². The minimum absolute atomic E-state index is 0.696. The van der Waals surface area contributed by atoms with Crippen LogP contribution in [0.25, 0.3) is 72.7 Å². The number of anilines is 3. The molecule has 0 N–H and O–H groups in total. The summed E-state index contributed by atoms with van der Waals surface area (Å²) in [6, 6.07) is 68.6. The molecule has 1 aliphatic rings. The molecule has 0 unspecified atom stereocenters. The predicted octanol–water partition coefficient (Wildman–Crippen LogP) is 12.5. The van der Waals surface area contributed by atoms with Gasteiger partial charge in [-0.3, -0.25) is 9.47 Å². The summed E-state index contributed by atoms with van der Waals surface area (Å²) in [6.45, 7) is 0. The van der Waals surface area contributed by atoms with E-state index < -0.39 is 0 Å². The van der Waals surface area contributed by atoms with Crippen LogP contribution in [-0.4, -0.2) is 14.5 Å². The van der Waals surface area contributed by atoms with Crippen LogP contribution in [-0.2, 0) is 0 Å². The molecule has 2 aromatic heterocycles. The van der Waals surface area contributed by atoms with Gasteiger partial charge in [0.2, 0.25) is 0 Å². The molecule has 9 aromatic rings. The maximum atomic E-state index is 5.19. The smallest absolute Gasteiger partial charge is 0.160 e. The average molecular weight is 665 g/mol. The van der Waals surface area contributed by atoms with Gasteiger partial charge in [-0.05, 0) is 53.6 Å². The lowest BCUT2D eigenvalue weighted by atomic mass is 10.0. The highest BCUT2D eigenvalue weighted by atomic mass is 15.3. The summed E-state index contributed by atoms with van der Waals surface area (Å²) in [5.74, 6) is 1.78. The molecule has 0 spiro atoms.